The minimum absolute atomic E-state index is 0. The predicted molar refractivity (Wildman–Crippen MR) is 110 cm³/mol. The minimum Gasteiger partial charge on any atom is -0.497 e. The number of amides is 1. The van der Waals surface area contributed by atoms with Crippen molar-refractivity contribution in [3.05, 3.63) is 24.3 Å². The maximum atomic E-state index is 11.8. The molecule has 0 aromatic heterocycles. The fourth-order valence-electron chi connectivity index (χ4n) is 3.75. The summed E-state index contributed by atoms with van der Waals surface area (Å²) in [5.74, 6) is 0.973. The van der Waals surface area contributed by atoms with E-state index < -0.39 is 0 Å². The van der Waals surface area contributed by atoms with Gasteiger partial charge in [0.15, 0.2) is 0 Å². The number of anilines is 1. The molecule has 0 spiro atoms. The van der Waals surface area contributed by atoms with Gasteiger partial charge in [-0.2, -0.15) is 0 Å². The van der Waals surface area contributed by atoms with Gasteiger partial charge in [0.05, 0.1) is 13.7 Å². The molecule has 0 bridgehead atoms. The number of carbonyl (C=O) groups is 1. The molecule has 0 radical (unpaired) electrons. The summed E-state index contributed by atoms with van der Waals surface area (Å²) in [4.78, 5) is 18.7. The summed E-state index contributed by atoms with van der Waals surface area (Å²) < 4.78 is 5.22. The second-order valence-electron chi connectivity index (χ2n) is 6.56. The van der Waals surface area contributed by atoms with E-state index in [1.54, 1.807) is 7.11 Å². The molecule has 1 atom stereocenters. The van der Waals surface area contributed by atoms with Crippen LogP contribution in [0.4, 0.5) is 5.69 Å². The number of hydrogen-bond donors (Lipinski definition) is 1. The lowest BCUT2D eigenvalue weighted by Crippen LogP contribution is -2.56. The van der Waals surface area contributed by atoms with Gasteiger partial charge in [0.25, 0.3) is 0 Å². The van der Waals surface area contributed by atoms with Crippen LogP contribution in [0.1, 0.15) is 12.8 Å². The molecule has 2 aliphatic rings. The third-order valence-corrected chi connectivity index (χ3v) is 5.19. The van der Waals surface area contributed by atoms with Crippen LogP contribution in [0.3, 0.4) is 0 Å². The molecule has 3 rings (SSSR count). The van der Waals surface area contributed by atoms with Gasteiger partial charge in [-0.25, -0.2) is 0 Å². The van der Waals surface area contributed by atoms with E-state index in [1.165, 1.54) is 12.1 Å². The van der Waals surface area contributed by atoms with E-state index in [-0.39, 0.29) is 37.3 Å². The molecule has 148 valence electrons. The summed E-state index contributed by atoms with van der Waals surface area (Å²) in [5.41, 5.74) is 6.76. The lowest BCUT2D eigenvalue weighted by molar-refractivity contribution is -0.131. The first kappa shape index (κ1) is 22.8. The van der Waals surface area contributed by atoms with Crippen molar-refractivity contribution in [2.45, 2.75) is 18.9 Å². The molecule has 1 amide bonds. The second-order valence-corrected chi connectivity index (χ2v) is 6.56. The van der Waals surface area contributed by atoms with Crippen LogP contribution in [-0.4, -0.2) is 74.7 Å². The van der Waals surface area contributed by atoms with Crippen LogP contribution in [0.5, 0.6) is 5.75 Å². The molecule has 6 nitrogen and oxygen atoms in total. The first-order valence-electron chi connectivity index (χ1n) is 8.82. The van der Waals surface area contributed by atoms with Crippen molar-refractivity contribution >= 4 is 36.4 Å². The van der Waals surface area contributed by atoms with Crippen molar-refractivity contribution in [2.75, 3.05) is 57.8 Å². The molecular weight excluding hydrogens is 375 g/mol. The Morgan fingerprint density at radius 2 is 1.77 bits per heavy atom. The molecule has 1 aromatic rings. The number of methoxy groups -OCH3 is 1. The zero-order valence-corrected chi connectivity index (χ0v) is 16.9. The van der Waals surface area contributed by atoms with E-state index in [4.69, 9.17) is 10.5 Å². The monoisotopic (exact) mass is 404 g/mol. The van der Waals surface area contributed by atoms with E-state index in [9.17, 15) is 4.79 Å². The quantitative estimate of drug-likeness (QED) is 0.825. The number of benzene rings is 1. The number of hydrogen-bond acceptors (Lipinski definition) is 5. The number of carbonyl (C=O) groups excluding carboxylic acids is 1. The molecule has 26 heavy (non-hydrogen) atoms. The van der Waals surface area contributed by atoms with Gasteiger partial charge in [0, 0.05) is 51.0 Å². The molecule has 2 N–H and O–H groups in total. The fraction of sp³-hybridized carbons (Fsp3) is 0.611. The Morgan fingerprint density at radius 3 is 2.35 bits per heavy atom. The molecule has 1 aromatic carbocycles. The number of piperazine rings is 1. The summed E-state index contributed by atoms with van der Waals surface area (Å²) in [7, 11) is 1.69. The van der Waals surface area contributed by atoms with Gasteiger partial charge >= 0.3 is 0 Å². The van der Waals surface area contributed by atoms with Gasteiger partial charge < -0.3 is 20.3 Å². The third-order valence-electron chi connectivity index (χ3n) is 5.19. The van der Waals surface area contributed by atoms with Crippen molar-refractivity contribution in [2.24, 2.45) is 5.73 Å². The lowest BCUT2D eigenvalue weighted by atomic mass is 10.0. The second kappa shape index (κ2) is 10.8. The summed E-state index contributed by atoms with van der Waals surface area (Å²) in [5, 5.41) is 0. The number of piperidine rings is 1. The Hall–Kier alpha value is -1.21. The lowest BCUT2D eigenvalue weighted by Gasteiger charge is -2.44. The maximum absolute atomic E-state index is 11.8. The van der Waals surface area contributed by atoms with Crippen molar-refractivity contribution in [1.82, 2.24) is 9.80 Å². The number of ether oxygens (including phenoxy) is 1. The van der Waals surface area contributed by atoms with Crippen LogP contribution in [-0.2, 0) is 4.79 Å². The van der Waals surface area contributed by atoms with Gasteiger partial charge in [-0.1, -0.05) is 0 Å². The third kappa shape index (κ3) is 5.39. The zero-order chi connectivity index (χ0) is 16.9. The Balaban J connectivity index is 0.00000169. The van der Waals surface area contributed by atoms with E-state index in [1.807, 2.05) is 17.0 Å². The highest BCUT2D eigenvalue weighted by molar-refractivity contribution is 5.85. The molecule has 8 heteroatoms. The van der Waals surface area contributed by atoms with Crippen LogP contribution in [0.25, 0.3) is 0 Å². The SMILES string of the molecule is COc1ccc(N2CCN(C3CCCN(C(=O)CN)C3)CC2)cc1.Cl.Cl. The fourth-order valence-corrected chi connectivity index (χ4v) is 3.75. The molecule has 2 aliphatic heterocycles. The van der Waals surface area contributed by atoms with Crippen molar-refractivity contribution in [3.63, 3.8) is 0 Å². The Labute approximate surface area is 168 Å². The van der Waals surface area contributed by atoms with Crippen LogP contribution in [0.15, 0.2) is 24.3 Å². The first-order valence-corrected chi connectivity index (χ1v) is 8.82. The van der Waals surface area contributed by atoms with Crippen LogP contribution < -0.4 is 15.4 Å². The Kier molecular flexibility index (Phi) is 9.50. The molecule has 2 saturated heterocycles. The van der Waals surface area contributed by atoms with Gasteiger partial charge in [0.2, 0.25) is 5.91 Å². The average molecular weight is 405 g/mol. The largest absolute Gasteiger partial charge is 0.497 e. The maximum Gasteiger partial charge on any atom is 0.236 e. The molecular formula is C18H30Cl2N4O2. The van der Waals surface area contributed by atoms with Crippen molar-refractivity contribution in [1.29, 1.82) is 0 Å². The number of likely N-dealkylation sites (tertiary alicyclic amines) is 1. The summed E-state index contributed by atoms with van der Waals surface area (Å²) in [6.07, 6.45) is 2.26. The van der Waals surface area contributed by atoms with Crippen LogP contribution in [0, 0.1) is 0 Å². The van der Waals surface area contributed by atoms with E-state index in [2.05, 4.69) is 21.9 Å². The smallest absolute Gasteiger partial charge is 0.236 e. The van der Waals surface area contributed by atoms with Gasteiger partial charge in [-0.15, -0.1) is 24.8 Å². The number of nitrogens with two attached hydrogens (primary N) is 1. The predicted octanol–water partition coefficient (Wildman–Crippen LogP) is 1.61. The molecule has 2 heterocycles. The highest BCUT2D eigenvalue weighted by Gasteiger charge is 2.29. The molecule has 2 fully saturated rings. The summed E-state index contributed by atoms with van der Waals surface area (Å²) in [6.45, 7) is 5.94. The Bertz CT molecular complexity index is 551. The summed E-state index contributed by atoms with van der Waals surface area (Å²) >= 11 is 0. The van der Waals surface area contributed by atoms with E-state index in [0.717, 1.165) is 51.4 Å². The van der Waals surface area contributed by atoms with Crippen LogP contribution in [0.2, 0.25) is 0 Å². The molecule has 0 saturated carbocycles. The number of nitrogens with zero attached hydrogens (tertiary/aromatic N) is 3. The van der Waals surface area contributed by atoms with Crippen molar-refractivity contribution in [3.8, 4) is 5.75 Å². The topological polar surface area (TPSA) is 62.0 Å². The van der Waals surface area contributed by atoms with Gasteiger partial charge in [-0.05, 0) is 37.1 Å². The standard InChI is InChI=1S/C18H28N4O2.2ClH/c1-24-17-6-4-15(5-7-17)20-9-11-21(12-10-20)16-3-2-8-22(14-16)18(23)13-19;;/h4-7,16H,2-3,8-14,19H2,1H3;2*1H. The minimum atomic E-state index is 0. The van der Waals surface area contributed by atoms with Crippen molar-refractivity contribution < 1.29 is 9.53 Å². The molecule has 0 aliphatic carbocycles. The normalized spacial score (nSPS) is 20.8. The number of rotatable bonds is 4. The molecule has 1 unspecified atom stereocenters. The highest BCUT2D eigenvalue weighted by atomic mass is 35.5. The Morgan fingerprint density at radius 1 is 1.12 bits per heavy atom. The van der Waals surface area contributed by atoms with Crippen LogP contribution >= 0.6 is 24.8 Å². The van der Waals surface area contributed by atoms with E-state index >= 15 is 0 Å². The summed E-state index contributed by atoms with van der Waals surface area (Å²) in [6, 6.07) is 8.75. The first-order chi connectivity index (χ1) is 11.7. The average Bonchev–Trinajstić information content (AvgIpc) is 2.67. The number of halogens is 2. The van der Waals surface area contributed by atoms with Gasteiger partial charge in [-0.3, -0.25) is 9.69 Å². The zero-order valence-electron chi connectivity index (χ0n) is 15.3. The highest BCUT2D eigenvalue weighted by Crippen LogP contribution is 2.23. The van der Waals surface area contributed by atoms with Gasteiger partial charge in [0.1, 0.15) is 5.75 Å². The van der Waals surface area contributed by atoms with E-state index in [0.29, 0.717) is 6.04 Å².